The summed E-state index contributed by atoms with van der Waals surface area (Å²) in [6, 6.07) is 16.2. The van der Waals surface area contributed by atoms with Crippen molar-refractivity contribution in [1.82, 2.24) is 0 Å². The molecule has 0 aromatic heterocycles. The molecule has 0 saturated heterocycles. The van der Waals surface area contributed by atoms with Crippen molar-refractivity contribution in [2.24, 2.45) is 0 Å². The number of rotatable bonds is 6. The molecule has 5 heteroatoms. The third-order valence-electron chi connectivity index (χ3n) is 3.15. The van der Waals surface area contributed by atoms with Gasteiger partial charge in [0.25, 0.3) is 0 Å². The van der Waals surface area contributed by atoms with Crippen LogP contribution in [0.2, 0.25) is 0 Å². The fraction of sp³-hybridized carbons (Fsp3) is 0.350. The van der Waals surface area contributed by atoms with Crippen LogP contribution in [0, 0.1) is 0 Å². The van der Waals surface area contributed by atoms with Crippen molar-refractivity contribution in [3.63, 3.8) is 0 Å². The monoisotopic (exact) mass is 349 g/mol. The van der Waals surface area contributed by atoms with E-state index in [0.717, 1.165) is 10.5 Å². The first-order valence-corrected chi connectivity index (χ1v) is 8.32. The number of aliphatic hydroxyl groups is 1. The number of hydrogen-bond acceptors (Lipinski definition) is 3. The molecule has 2 aromatic carbocycles. The maximum absolute atomic E-state index is 13.3. The summed E-state index contributed by atoms with van der Waals surface area (Å²) in [6.45, 7) is 5.82. The van der Waals surface area contributed by atoms with Gasteiger partial charge in [0.1, 0.15) is 5.75 Å². The third-order valence-corrected chi connectivity index (χ3v) is 3.15. The molecule has 1 amide bonds. The summed E-state index contributed by atoms with van der Waals surface area (Å²) < 4.78 is 18.3. The highest BCUT2D eigenvalue weighted by molar-refractivity contribution is 5.75. The normalized spacial score (nSPS) is 10.3. The van der Waals surface area contributed by atoms with Crippen molar-refractivity contribution >= 4 is 12.1 Å². The quantitative estimate of drug-likeness (QED) is 0.614. The average molecular weight is 349 g/mol. The van der Waals surface area contributed by atoms with Crippen molar-refractivity contribution in [2.45, 2.75) is 40.1 Å². The van der Waals surface area contributed by atoms with Crippen LogP contribution in [0.15, 0.2) is 54.6 Å². The van der Waals surface area contributed by atoms with Gasteiger partial charge in [0.2, 0.25) is 6.41 Å². The van der Waals surface area contributed by atoms with Crippen molar-refractivity contribution in [3.05, 3.63) is 60.2 Å². The van der Waals surface area contributed by atoms with Gasteiger partial charge in [-0.05, 0) is 36.2 Å². The summed E-state index contributed by atoms with van der Waals surface area (Å²) in [7, 11) is 1.55. The van der Waals surface area contributed by atoms with E-state index in [4.69, 9.17) is 9.84 Å². The van der Waals surface area contributed by atoms with Gasteiger partial charge in [-0.15, -0.1) is 0 Å². The van der Waals surface area contributed by atoms with Crippen LogP contribution in [0.1, 0.15) is 32.8 Å². The smallest absolute Gasteiger partial charge is 0.216 e. The molecular weight excluding hydrogens is 321 g/mol. The highest BCUT2D eigenvalue weighted by Crippen LogP contribution is 2.21. The third kappa shape index (κ3) is 8.31. The zero-order valence-corrected chi connectivity index (χ0v) is 15.4. The van der Waals surface area contributed by atoms with E-state index in [0.29, 0.717) is 17.8 Å². The molecule has 0 unspecified atom stereocenters. The summed E-state index contributed by atoms with van der Waals surface area (Å²) in [5, 5.41) is 8.54. The predicted molar refractivity (Wildman–Crippen MR) is 100 cm³/mol. The fourth-order valence-electron chi connectivity index (χ4n) is 1.82. The molecule has 2 aromatic rings. The number of benzene rings is 2. The molecule has 0 saturated carbocycles. The van der Waals surface area contributed by atoms with Gasteiger partial charge in [0.05, 0.1) is 13.7 Å². The number of alkyl halides is 1. The first kappa shape index (κ1) is 22.6. The number of carbonyl (C=O) groups is 1. The van der Waals surface area contributed by atoms with Crippen LogP contribution >= 0.6 is 0 Å². The van der Waals surface area contributed by atoms with E-state index in [-0.39, 0.29) is 13.0 Å². The molecular formula is C20H28FNO3. The Balaban J connectivity index is 0.000000483. The lowest BCUT2D eigenvalue weighted by atomic mass is 10.2. The highest BCUT2D eigenvalue weighted by atomic mass is 19.1. The molecule has 0 aliphatic rings. The molecule has 0 spiro atoms. The highest BCUT2D eigenvalue weighted by Gasteiger charge is 2.14. The zero-order chi connectivity index (χ0) is 19.1. The molecule has 25 heavy (non-hydrogen) atoms. The Bertz CT molecular complexity index is 561. The van der Waals surface area contributed by atoms with E-state index in [1.807, 2.05) is 44.2 Å². The molecule has 0 heterocycles. The number of hydrogen-bond donors (Lipinski definition) is 1. The van der Waals surface area contributed by atoms with E-state index in [1.54, 1.807) is 38.3 Å². The Kier molecular flexibility index (Phi) is 12.6. The molecule has 0 radical (unpaired) electrons. The molecule has 0 aliphatic carbocycles. The molecule has 0 bridgehead atoms. The van der Waals surface area contributed by atoms with Crippen LogP contribution in [0.4, 0.5) is 10.1 Å². The molecule has 138 valence electrons. The predicted octanol–water partition coefficient (Wildman–Crippen LogP) is 4.57. The second-order valence-corrected chi connectivity index (χ2v) is 4.70. The minimum absolute atomic E-state index is 0.140. The van der Waals surface area contributed by atoms with Gasteiger partial charge in [0.15, 0.2) is 6.30 Å². The summed E-state index contributed by atoms with van der Waals surface area (Å²) in [5.74, 6) is 0.677. The van der Waals surface area contributed by atoms with Gasteiger partial charge in [-0.3, -0.25) is 9.69 Å². The standard InChI is InChI=1S/C11H14FNO2.C7H8O.C2H6/c1-3-11(12)13(8-14)9-4-6-10(15-2)7-5-9;8-6-7-4-2-1-3-5-7;1-2/h4-8,11H,3H2,1-2H3;1-5,8H,6H2;1-2H3/t11-;;/m1../s1. The Hall–Kier alpha value is -2.40. The number of halogens is 1. The van der Waals surface area contributed by atoms with E-state index in [1.165, 1.54) is 0 Å². The summed E-state index contributed by atoms with van der Waals surface area (Å²) in [4.78, 5) is 11.8. The van der Waals surface area contributed by atoms with Gasteiger partial charge >= 0.3 is 0 Å². The molecule has 0 fully saturated rings. The second-order valence-electron chi connectivity index (χ2n) is 4.70. The van der Waals surface area contributed by atoms with Crippen LogP contribution in [0.3, 0.4) is 0 Å². The van der Waals surface area contributed by atoms with Crippen molar-refractivity contribution in [2.75, 3.05) is 12.0 Å². The Morgan fingerprint density at radius 3 is 2.04 bits per heavy atom. The van der Waals surface area contributed by atoms with Crippen LogP contribution in [0.25, 0.3) is 0 Å². The average Bonchev–Trinajstić information content (AvgIpc) is 2.71. The van der Waals surface area contributed by atoms with Crippen molar-refractivity contribution in [3.8, 4) is 5.75 Å². The number of nitrogens with zero attached hydrogens (tertiary/aromatic N) is 1. The first-order valence-electron chi connectivity index (χ1n) is 8.32. The van der Waals surface area contributed by atoms with E-state index in [9.17, 15) is 9.18 Å². The minimum atomic E-state index is -1.28. The first-order chi connectivity index (χ1) is 12.2. The molecule has 2 rings (SSSR count). The van der Waals surface area contributed by atoms with E-state index in [2.05, 4.69) is 0 Å². The van der Waals surface area contributed by atoms with Crippen molar-refractivity contribution < 1.29 is 19.0 Å². The number of aliphatic hydroxyl groups excluding tert-OH is 1. The SMILES string of the molecule is CC.CC[C@H](F)N(C=O)c1ccc(OC)cc1.OCc1ccccc1. The van der Waals surface area contributed by atoms with Gasteiger partial charge in [-0.25, -0.2) is 4.39 Å². The Labute approximate surface area is 149 Å². The van der Waals surface area contributed by atoms with Gasteiger partial charge in [-0.2, -0.15) is 0 Å². The lowest BCUT2D eigenvalue weighted by Crippen LogP contribution is -2.29. The summed E-state index contributed by atoms with van der Waals surface area (Å²) in [5.41, 5.74) is 1.49. The molecule has 1 atom stereocenters. The molecule has 4 nitrogen and oxygen atoms in total. The number of anilines is 1. The lowest BCUT2D eigenvalue weighted by molar-refractivity contribution is -0.108. The topological polar surface area (TPSA) is 49.8 Å². The maximum atomic E-state index is 13.3. The number of carbonyl (C=O) groups excluding carboxylic acids is 1. The Morgan fingerprint density at radius 2 is 1.68 bits per heavy atom. The van der Waals surface area contributed by atoms with Gasteiger partial charge < -0.3 is 9.84 Å². The summed E-state index contributed by atoms with van der Waals surface area (Å²) >= 11 is 0. The largest absolute Gasteiger partial charge is 0.497 e. The van der Waals surface area contributed by atoms with E-state index >= 15 is 0 Å². The number of amides is 1. The van der Waals surface area contributed by atoms with Crippen LogP contribution in [0.5, 0.6) is 5.75 Å². The van der Waals surface area contributed by atoms with Gasteiger partial charge in [-0.1, -0.05) is 51.1 Å². The van der Waals surface area contributed by atoms with Gasteiger partial charge in [0, 0.05) is 5.69 Å². The lowest BCUT2D eigenvalue weighted by Gasteiger charge is -2.20. The Morgan fingerprint density at radius 1 is 1.12 bits per heavy atom. The van der Waals surface area contributed by atoms with Crippen LogP contribution in [-0.2, 0) is 11.4 Å². The second kappa shape index (κ2) is 14.0. The molecule has 0 aliphatic heterocycles. The number of methoxy groups -OCH3 is 1. The van der Waals surface area contributed by atoms with Crippen molar-refractivity contribution in [1.29, 1.82) is 0 Å². The fourth-order valence-corrected chi connectivity index (χ4v) is 1.82. The molecule has 1 N–H and O–H groups in total. The maximum Gasteiger partial charge on any atom is 0.216 e. The van der Waals surface area contributed by atoms with E-state index < -0.39 is 6.30 Å². The summed E-state index contributed by atoms with van der Waals surface area (Å²) in [6.07, 6.45) is -0.517. The number of ether oxygens (including phenoxy) is 1. The van der Waals surface area contributed by atoms with Crippen LogP contribution < -0.4 is 9.64 Å². The zero-order valence-electron chi connectivity index (χ0n) is 15.4. The van der Waals surface area contributed by atoms with Crippen LogP contribution in [-0.4, -0.2) is 24.9 Å². The minimum Gasteiger partial charge on any atom is -0.497 e.